The van der Waals surface area contributed by atoms with Gasteiger partial charge >= 0.3 is 11.8 Å². The summed E-state index contributed by atoms with van der Waals surface area (Å²) in [5.41, 5.74) is 3.77. The number of benzene rings is 1. The molecule has 1 fully saturated rings. The zero-order valence-electron chi connectivity index (χ0n) is 14.8. The predicted molar refractivity (Wildman–Crippen MR) is 94.2 cm³/mol. The molecule has 1 aliphatic heterocycles. The van der Waals surface area contributed by atoms with Crippen LogP contribution in [-0.2, 0) is 14.3 Å². The SMILES string of the molecule is Cc1cc(C)c(NC(=O)C(=O)NCCCN2CCOCC2)c(C)c1. The Bertz CT molecular complexity index is 572. The quantitative estimate of drug-likeness (QED) is 0.631. The number of carbonyl (C=O) groups is 2. The van der Waals surface area contributed by atoms with Gasteiger partial charge in [0.25, 0.3) is 0 Å². The number of carbonyl (C=O) groups excluding carboxylic acids is 2. The summed E-state index contributed by atoms with van der Waals surface area (Å²) in [6.45, 7) is 10.7. The number of morpholine rings is 1. The average molecular weight is 333 g/mol. The smallest absolute Gasteiger partial charge is 0.313 e. The molecular weight excluding hydrogens is 306 g/mol. The molecule has 0 spiro atoms. The summed E-state index contributed by atoms with van der Waals surface area (Å²) < 4.78 is 5.29. The Morgan fingerprint density at radius 3 is 2.33 bits per heavy atom. The molecule has 1 aromatic rings. The van der Waals surface area contributed by atoms with E-state index in [1.54, 1.807) is 0 Å². The van der Waals surface area contributed by atoms with Gasteiger partial charge < -0.3 is 15.4 Å². The summed E-state index contributed by atoms with van der Waals surface area (Å²) in [5, 5.41) is 5.40. The molecule has 1 saturated heterocycles. The van der Waals surface area contributed by atoms with Gasteiger partial charge in [0.1, 0.15) is 0 Å². The fraction of sp³-hybridized carbons (Fsp3) is 0.556. The van der Waals surface area contributed by atoms with Gasteiger partial charge in [0, 0.05) is 25.3 Å². The van der Waals surface area contributed by atoms with Crippen molar-refractivity contribution < 1.29 is 14.3 Å². The van der Waals surface area contributed by atoms with Gasteiger partial charge in [-0.05, 0) is 44.9 Å². The number of nitrogens with one attached hydrogen (secondary N) is 2. The second kappa shape index (κ2) is 8.80. The Morgan fingerprint density at radius 2 is 1.71 bits per heavy atom. The fourth-order valence-corrected chi connectivity index (χ4v) is 2.96. The molecule has 0 atom stereocenters. The molecule has 6 nitrogen and oxygen atoms in total. The highest BCUT2D eigenvalue weighted by molar-refractivity contribution is 6.39. The van der Waals surface area contributed by atoms with Gasteiger partial charge in [0.15, 0.2) is 0 Å². The Balaban J connectivity index is 1.75. The number of anilines is 1. The Kier molecular flexibility index (Phi) is 6.75. The van der Waals surface area contributed by atoms with Crippen molar-refractivity contribution in [1.29, 1.82) is 0 Å². The summed E-state index contributed by atoms with van der Waals surface area (Å²) in [6, 6.07) is 3.98. The third kappa shape index (κ3) is 5.32. The van der Waals surface area contributed by atoms with Crippen LogP contribution in [-0.4, -0.2) is 56.1 Å². The van der Waals surface area contributed by atoms with Crippen molar-refractivity contribution in [3.8, 4) is 0 Å². The van der Waals surface area contributed by atoms with Crippen molar-refractivity contribution in [1.82, 2.24) is 10.2 Å². The van der Waals surface area contributed by atoms with Crippen LogP contribution in [0.25, 0.3) is 0 Å². The van der Waals surface area contributed by atoms with Crippen LogP contribution in [0.2, 0.25) is 0 Å². The summed E-state index contributed by atoms with van der Waals surface area (Å²) in [7, 11) is 0. The summed E-state index contributed by atoms with van der Waals surface area (Å²) >= 11 is 0. The summed E-state index contributed by atoms with van der Waals surface area (Å²) in [6.07, 6.45) is 0.821. The summed E-state index contributed by atoms with van der Waals surface area (Å²) in [4.78, 5) is 26.3. The largest absolute Gasteiger partial charge is 0.379 e. The number of aryl methyl sites for hydroxylation is 3. The second-order valence-electron chi connectivity index (χ2n) is 6.29. The molecule has 132 valence electrons. The van der Waals surface area contributed by atoms with E-state index in [4.69, 9.17) is 4.74 Å². The molecule has 0 unspecified atom stereocenters. The van der Waals surface area contributed by atoms with Crippen LogP contribution in [0.3, 0.4) is 0 Å². The van der Waals surface area contributed by atoms with Gasteiger partial charge in [-0.15, -0.1) is 0 Å². The van der Waals surface area contributed by atoms with E-state index < -0.39 is 11.8 Å². The van der Waals surface area contributed by atoms with Crippen LogP contribution >= 0.6 is 0 Å². The van der Waals surface area contributed by atoms with Gasteiger partial charge in [-0.1, -0.05) is 17.7 Å². The van der Waals surface area contributed by atoms with E-state index in [0.717, 1.165) is 56.0 Å². The number of hydrogen-bond donors (Lipinski definition) is 2. The minimum absolute atomic E-state index is 0.496. The molecule has 0 bridgehead atoms. The first-order chi connectivity index (χ1) is 11.5. The predicted octanol–water partition coefficient (Wildman–Crippen LogP) is 1.39. The van der Waals surface area contributed by atoms with Crippen LogP contribution in [0.4, 0.5) is 5.69 Å². The van der Waals surface area contributed by atoms with Crippen LogP contribution in [0.1, 0.15) is 23.1 Å². The monoisotopic (exact) mass is 333 g/mol. The normalized spacial score (nSPS) is 15.1. The third-order valence-corrected chi connectivity index (χ3v) is 4.16. The Labute approximate surface area is 143 Å². The number of rotatable bonds is 5. The highest BCUT2D eigenvalue weighted by Crippen LogP contribution is 2.21. The van der Waals surface area contributed by atoms with Crippen LogP contribution in [0, 0.1) is 20.8 Å². The Morgan fingerprint density at radius 1 is 1.08 bits per heavy atom. The van der Waals surface area contributed by atoms with Crippen molar-refractivity contribution in [3.63, 3.8) is 0 Å². The van der Waals surface area contributed by atoms with Crippen molar-refractivity contribution in [2.45, 2.75) is 27.2 Å². The first-order valence-corrected chi connectivity index (χ1v) is 8.44. The highest BCUT2D eigenvalue weighted by Gasteiger charge is 2.16. The number of amides is 2. The van der Waals surface area contributed by atoms with Gasteiger partial charge in [0.2, 0.25) is 0 Å². The molecule has 6 heteroatoms. The van der Waals surface area contributed by atoms with E-state index in [0.29, 0.717) is 12.2 Å². The average Bonchev–Trinajstić information content (AvgIpc) is 2.55. The minimum atomic E-state index is -0.614. The fourth-order valence-electron chi connectivity index (χ4n) is 2.96. The maximum absolute atomic E-state index is 12.0. The summed E-state index contributed by atoms with van der Waals surface area (Å²) in [5.74, 6) is -1.20. The molecular formula is C18H27N3O3. The van der Waals surface area contributed by atoms with Gasteiger partial charge in [-0.25, -0.2) is 0 Å². The highest BCUT2D eigenvalue weighted by atomic mass is 16.5. The molecule has 0 aliphatic carbocycles. The molecule has 0 aromatic heterocycles. The lowest BCUT2D eigenvalue weighted by atomic mass is 10.1. The molecule has 2 rings (SSSR count). The van der Waals surface area contributed by atoms with E-state index in [1.165, 1.54) is 0 Å². The molecule has 2 amide bonds. The van der Waals surface area contributed by atoms with Crippen LogP contribution in [0.15, 0.2) is 12.1 Å². The lowest BCUT2D eigenvalue weighted by Crippen LogP contribution is -2.40. The standard InChI is InChI=1S/C18H27N3O3/c1-13-11-14(2)16(15(3)12-13)20-18(23)17(22)19-5-4-6-21-7-9-24-10-8-21/h11-12H,4-10H2,1-3H3,(H,19,22)(H,20,23). The molecule has 0 saturated carbocycles. The lowest BCUT2D eigenvalue weighted by molar-refractivity contribution is -0.136. The Hall–Kier alpha value is -1.92. The van der Waals surface area contributed by atoms with E-state index >= 15 is 0 Å². The van der Waals surface area contributed by atoms with Gasteiger partial charge in [0.05, 0.1) is 13.2 Å². The zero-order chi connectivity index (χ0) is 17.5. The van der Waals surface area contributed by atoms with Crippen molar-refractivity contribution >= 4 is 17.5 Å². The molecule has 1 aromatic carbocycles. The van der Waals surface area contributed by atoms with Crippen molar-refractivity contribution in [3.05, 3.63) is 28.8 Å². The van der Waals surface area contributed by atoms with Crippen molar-refractivity contribution in [2.24, 2.45) is 0 Å². The van der Waals surface area contributed by atoms with Crippen LogP contribution in [0.5, 0.6) is 0 Å². The first-order valence-electron chi connectivity index (χ1n) is 8.44. The lowest BCUT2D eigenvalue weighted by Gasteiger charge is -2.26. The number of ether oxygens (including phenoxy) is 1. The number of hydrogen-bond acceptors (Lipinski definition) is 4. The van der Waals surface area contributed by atoms with E-state index in [2.05, 4.69) is 15.5 Å². The maximum atomic E-state index is 12.0. The van der Waals surface area contributed by atoms with Gasteiger partial charge in [-0.3, -0.25) is 14.5 Å². The molecule has 1 heterocycles. The van der Waals surface area contributed by atoms with Crippen LogP contribution < -0.4 is 10.6 Å². The first kappa shape index (κ1) is 18.4. The molecule has 2 N–H and O–H groups in total. The zero-order valence-corrected chi connectivity index (χ0v) is 14.8. The molecule has 24 heavy (non-hydrogen) atoms. The molecule has 1 aliphatic rings. The number of nitrogens with zero attached hydrogens (tertiary/aromatic N) is 1. The van der Waals surface area contributed by atoms with Crippen molar-refractivity contribution in [2.75, 3.05) is 44.7 Å². The molecule has 0 radical (unpaired) electrons. The van der Waals surface area contributed by atoms with Gasteiger partial charge in [-0.2, -0.15) is 0 Å². The second-order valence-corrected chi connectivity index (χ2v) is 6.29. The van der Waals surface area contributed by atoms with E-state index in [1.807, 2.05) is 32.9 Å². The third-order valence-electron chi connectivity index (χ3n) is 4.16. The maximum Gasteiger partial charge on any atom is 0.313 e. The minimum Gasteiger partial charge on any atom is -0.379 e. The van der Waals surface area contributed by atoms with E-state index in [9.17, 15) is 9.59 Å². The topological polar surface area (TPSA) is 70.7 Å². The van der Waals surface area contributed by atoms with E-state index in [-0.39, 0.29) is 0 Å².